The molecule has 1 saturated heterocycles. The van der Waals surface area contributed by atoms with Gasteiger partial charge in [-0.1, -0.05) is 0 Å². The molecular weight excluding hydrogens is 393 g/mol. The molecule has 29 heavy (non-hydrogen) atoms. The van der Waals surface area contributed by atoms with E-state index in [-0.39, 0.29) is 4.90 Å². The molecule has 1 aromatic heterocycles. The lowest BCUT2D eigenvalue weighted by Gasteiger charge is -2.35. The Kier molecular flexibility index (Phi) is 5.23. The second kappa shape index (κ2) is 7.68. The van der Waals surface area contributed by atoms with E-state index in [1.54, 1.807) is 30.3 Å². The number of hydrogen-bond donors (Lipinski definition) is 0. The number of benzene rings is 2. The summed E-state index contributed by atoms with van der Waals surface area (Å²) in [6.07, 6.45) is 1.46. The Balaban J connectivity index is 1.79. The molecule has 0 unspecified atom stereocenters. The molecule has 0 amide bonds. The van der Waals surface area contributed by atoms with Crippen molar-refractivity contribution in [2.24, 2.45) is 0 Å². The van der Waals surface area contributed by atoms with Crippen molar-refractivity contribution in [3.8, 4) is 5.75 Å². The van der Waals surface area contributed by atoms with Crippen molar-refractivity contribution in [1.29, 1.82) is 0 Å². The number of aromatic nitrogens is 1. The maximum atomic E-state index is 13.7. The maximum absolute atomic E-state index is 13.7. The van der Waals surface area contributed by atoms with Gasteiger partial charge < -0.3 is 14.5 Å². The smallest absolute Gasteiger partial charge is 0.268 e. The van der Waals surface area contributed by atoms with Crippen LogP contribution in [0, 0.1) is 5.82 Å². The van der Waals surface area contributed by atoms with Crippen LogP contribution in [-0.2, 0) is 10.0 Å². The van der Waals surface area contributed by atoms with Crippen molar-refractivity contribution in [2.75, 3.05) is 44.7 Å². The predicted molar refractivity (Wildman–Crippen MR) is 112 cm³/mol. The highest BCUT2D eigenvalue weighted by atomic mass is 32.2. The Hall–Kier alpha value is -2.58. The summed E-state index contributed by atoms with van der Waals surface area (Å²) in [5.74, 6) is 0.192. The number of anilines is 1. The standard InChI is InChI=1S/C21H24FN3O3S/c1-3-28-21-7-6-18(15-20(21)24-12-10-23(2)11-13-24)29(26,27)25-9-8-16-4-5-17(22)14-19(16)25/h4-9,14-15H,3,10-13H2,1-2H3. The van der Waals surface area contributed by atoms with Crippen LogP contribution in [0.5, 0.6) is 5.75 Å². The lowest BCUT2D eigenvalue weighted by Crippen LogP contribution is -2.44. The fourth-order valence-electron chi connectivity index (χ4n) is 3.63. The molecule has 6 nitrogen and oxygen atoms in total. The van der Waals surface area contributed by atoms with E-state index < -0.39 is 15.8 Å². The molecule has 1 aliphatic rings. The summed E-state index contributed by atoms with van der Waals surface area (Å²) in [6.45, 7) is 5.76. The third-order valence-electron chi connectivity index (χ3n) is 5.25. The van der Waals surface area contributed by atoms with Gasteiger partial charge in [0.15, 0.2) is 0 Å². The number of hydrogen-bond acceptors (Lipinski definition) is 5. The fourth-order valence-corrected chi connectivity index (χ4v) is 5.00. The Bertz CT molecular complexity index is 1140. The van der Waals surface area contributed by atoms with Crippen LogP contribution in [0.15, 0.2) is 53.6 Å². The predicted octanol–water partition coefficient (Wildman–Crippen LogP) is 3.17. The summed E-state index contributed by atoms with van der Waals surface area (Å²) in [5, 5.41) is 0.667. The molecule has 0 spiro atoms. The van der Waals surface area contributed by atoms with Crippen LogP contribution in [0.2, 0.25) is 0 Å². The fraction of sp³-hybridized carbons (Fsp3) is 0.333. The van der Waals surface area contributed by atoms with E-state index in [0.29, 0.717) is 23.3 Å². The first-order valence-electron chi connectivity index (χ1n) is 9.62. The zero-order chi connectivity index (χ0) is 20.6. The minimum absolute atomic E-state index is 0.150. The number of likely N-dealkylation sites (N-methyl/N-ethyl adjacent to an activating group) is 1. The molecule has 0 saturated carbocycles. The zero-order valence-corrected chi connectivity index (χ0v) is 17.3. The quantitative estimate of drug-likeness (QED) is 0.638. The summed E-state index contributed by atoms with van der Waals surface area (Å²) < 4.78 is 47.3. The average Bonchev–Trinajstić information content (AvgIpc) is 3.13. The molecule has 154 valence electrons. The minimum Gasteiger partial charge on any atom is -0.492 e. The van der Waals surface area contributed by atoms with E-state index in [0.717, 1.165) is 35.8 Å². The number of ether oxygens (including phenoxy) is 1. The Labute approximate surface area is 170 Å². The van der Waals surface area contributed by atoms with Crippen LogP contribution in [0.1, 0.15) is 6.92 Å². The molecule has 0 N–H and O–H groups in total. The highest BCUT2D eigenvalue weighted by Gasteiger charge is 2.24. The zero-order valence-electron chi connectivity index (χ0n) is 16.5. The molecule has 3 aromatic rings. The molecule has 8 heteroatoms. The monoisotopic (exact) mass is 417 g/mol. The summed E-state index contributed by atoms with van der Waals surface area (Å²) in [6, 6.07) is 10.7. The van der Waals surface area contributed by atoms with Crippen LogP contribution in [0.4, 0.5) is 10.1 Å². The van der Waals surface area contributed by atoms with Crippen LogP contribution in [0.3, 0.4) is 0 Å². The third kappa shape index (κ3) is 3.70. The van der Waals surface area contributed by atoms with Gasteiger partial charge in [-0.25, -0.2) is 16.8 Å². The van der Waals surface area contributed by atoms with Gasteiger partial charge in [-0.3, -0.25) is 0 Å². The summed E-state index contributed by atoms with van der Waals surface area (Å²) in [5.41, 5.74) is 1.09. The van der Waals surface area contributed by atoms with Crippen LogP contribution in [-0.4, -0.2) is 57.1 Å². The molecule has 1 fully saturated rings. The lowest BCUT2D eigenvalue weighted by atomic mass is 10.2. The first-order chi connectivity index (χ1) is 13.9. The van der Waals surface area contributed by atoms with Crippen LogP contribution < -0.4 is 9.64 Å². The largest absolute Gasteiger partial charge is 0.492 e. The van der Waals surface area contributed by atoms with E-state index in [2.05, 4.69) is 16.8 Å². The Morgan fingerprint density at radius 1 is 1.03 bits per heavy atom. The van der Waals surface area contributed by atoms with Gasteiger partial charge in [0.2, 0.25) is 0 Å². The molecule has 1 aliphatic heterocycles. The van der Waals surface area contributed by atoms with Gasteiger partial charge in [0.25, 0.3) is 10.0 Å². The van der Waals surface area contributed by atoms with Gasteiger partial charge in [-0.15, -0.1) is 0 Å². The average molecular weight is 418 g/mol. The van der Waals surface area contributed by atoms with Gasteiger partial charge in [0, 0.05) is 37.8 Å². The number of piperazine rings is 1. The van der Waals surface area contributed by atoms with E-state index >= 15 is 0 Å². The molecule has 0 aliphatic carbocycles. The maximum Gasteiger partial charge on any atom is 0.268 e. The summed E-state index contributed by atoms with van der Waals surface area (Å²) >= 11 is 0. The first kappa shape index (κ1) is 19.7. The van der Waals surface area contributed by atoms with E-state index in [4.69, 9.17) is 4.74 Å². The summed E-state index contributed by atoms with van der Waals surface area (Å²) in [7, 11) is -1.82. The number of halogens is 1. The van der Waals surface area contributed by atoms with Crippen molar-refractivity contribution >= 4 is 26.6 Å². The van der Waals surface area contributed by atoms with E-state index in [1.165, 1.54) is 18.3 Å². The summed E-state index contributed by atoms with van der Waals surface area (Å²) in [4.78, 5) is 4.53. The first-order valence-corrected chi connectivity index (χ1v) is 11.1. The van der Waals surface area contributed by atoms with Crippen molar-refractivity contribution in [3.63, 3.8) is 0 Å². The van der Waals surface area contributed by atoms with Gasteiger partial charge in [0.05, 0.1) is 22.7 Å². The van der Waals surface area contributed by atoms with Crippen LogP contribution in [0.25, 0.3) is 10.9 Å². The molecule has 0 atom stereocenters. The molecule has 0 radical (unpaired) electrons. The topological polar surface area (TPSA) is 54.8 Å². The minimum atomic E-state index is -3.89. The van der Waals surface area contributed by atoms with Gasteiger partial charge >= 0.3 is 0 Å². The van der Waals surface area contributed by atoms with E-state index in [9.17, 15) is 12.8 Å². The van der Waals surface area contributed by atoms with Crippen molar-refractivity contribution in [2.45, 2.75) is 11.8 Å². The number of rotatable bonds is 5. The number of nitrogens with zero attached hydrogens (tertiary/aromatic N) is 3. The molecule has 0 bridgehead atoms. The van der Waals surface area contributed by atoms with Crippen molar-refractivity contribution in [3.05, 3.63) is 54.5 Å². The second-order valence-corrected chi connectivity index (χ2v) is 8.99. The highest BCUT2D eigenvalue weighted by Crippen LogP contribution is 2.33. The van der Waals surface area contributed by atoms with Gasteiger partial charge in [0.1, 0.15) is 11.6 Å². The molecule has 2 heterocycles. The van der Waals surface area contributed by atoms with E-state index in [1.807, 2.05) is 6.92 Å². The Morgan fingerprint density at radius 2 is 1.79 bits per heavy atom. The molecular formula is C21H24FN3O3S. The Morgan fingerprint density at radius 3 is 2.52 bits per heavy atom. The van der Waals surface area contributed by atoms with Gasteiger partial charge in [-0.05, 0) is 56.4 Å². The van der Waals surface area contributed by atoms with Gasteiger partial charge in [-0.2, -0.15) is 0 Å². The number of fused-ring (bicyclic) bond motifs is 1. The van der Waals surface area contributed by atoms with Crippen LogP contribution >= 0.6 is 0 Å². The molecule has 4 rings (SSSR count). The SMILES string of the molecule is CCOc1ccc(S(=O)(=O)n2ccc3ccc(F)cc32)cc1N1CCN(C)CC1. The second-order valence-electron chi connectivity index (χ2n) is 7.17. The highest BCUT2D eigenvalue weighted by molar-refractivity contribution is 7.90. The molecule has 2 aromatic carbocycles. The normalized spacial score (nSPS) is 15.8. The third-order valence-corrected chi connectivity index (χ3v) is 6.94. The lowest BCUT2D eigenvalue weighted by molar-refractivity contribution is 0.307. The van der Waals surface area contributed by atoms with Crippen molar-refractivity contribution < 1.29 is 17.5 Å². The van der Waals surface area contributed by atoms with Crippen molar-refractivity contribution in [1.82, 2.24) is 8.87 Å².